The fourth-order valence-electron chi connectivity index (χ4n) is 4.22. The number of carbonyl (C=O) groups excluding carboxylic acids is 1. The Morgan fingerprint density at radius 1 is 1.45 bits per heavy atom. The summed E-state index contributed by atoms with van der Waals surface area (Å²) in [7, 11) is 0. The van der Waals surface area contributed by atoms with Gasteiger partial charge in [-0.05, 0) is 36.8 Å². The minimum Gasteiger partial charge on any atom is -0.379 e. The summed E-state index contributed by atoms with van der Waals surface area (Å²) in [6, 6.07) is 5.16. The van der Waals surface area contributed by atoms with Gasteiger partial charge in [-0.25, -0.2) is 4.98 Å². The molecule has 0 bridgehead atoms. The highest BCUT2D eigenvalue weighted by molar-refractivity contribution is 8.13. The summed E-state index contributed by atoms with van der Waals surface area (Å²) in [5.41, 5.74) is 7.31. The number of nitriles is 1. The molecule has 152 valence electrons. The van der Waals surface area contributed by atoms with Gasteiger partial charge < -0.3 is 15.8 Å². The smallest absolute Gasteiger partial charge is 0.274 e. The van der Waals surface area contributed by atoms with Crippen LogP contribution < -0.4 is 11.1 Å². The molecule has 0 spiro atoms. The number of thioether (sulfide) groups is 2. The number of aromatic nitrogens is 1. The summed E-state index contributed by atoms with van der Waals surface area (Å²) in [5, 5.41) is 14.6. The third-order valence-electron chi connectivity index (χ3n) is 5.84. The van der Waals surface area contributed by atoms with Crippen molar-refractivity contribution < 1.29 is 9.53 Å². The van der Waals surface area contributed by atoms with Crippen LogP contribution >= 0.6 is 23.5 Å². The van der Waals surface area contributed by atoms with Gasteiger partial charge in [0.2, 0.25) is 0 Å². The van der Waals surface area contributed by atoms with Crippen molar-refractivity contribution in [1.29, 1.82) is 5.26 Å². The number of amides is 1. The lowest BCUT2D eigenvalue weighted by atomic mass is 9.74. The number of ether oxygens (including phenoxy) is 1. The van der Waals surface area contributed by atoms with Crippen LogP contribution in [0.4, 0.5) is 0 Å². The van der Waals surface area contributed by atoms with E-state index in [9.17, 15) is 4.79 Å². The molecule has 3 N–H and O–H groups in total. The van der Waals surface area contributed by atoms with E-state index in [-0.39, 0.29) is 34.4 Å². The van der Waals surface area contributed by atoms with E-state index >= 15 is 0 Å². The van der Waals surface area contributed by atoms with Crippen molar-refractivity contribution in [1.82, 2.24) is 10.3 Å². The van der Waals surface area contributed by atoms with E-state index in [1.54, 1.807) is 35.7 Å². The topological polar surface area (TPSA) is 113 Å². The highest BCUT2D eigenvalue weighted by Crippen LogP contribution is 2.51. The molecule has 4 heterocycles. The Labute approximate surface area is 178 Å². The maximum absolute atomic E-state index is 12.6. The minimum absolute atomic E-state index is 0.0847. The van der Waals surface area contributed by atoms with Crippen molar-refractivity contribution in [2.45, 2.75) is 37.2 Å². The van der Waals surface area contributed by atoms with E-state index in [1.165, 1.54) is 6.20 Å². The van der Waals surface area contributed by atoms with E-state index < -0.39 is 0 Å². The van der Waals surface area contributed by atoms with Crippen molar-refractivity contribution in [3.63, 3.8) is 0 Å². The van der Waals surface area contributed by atoms with Gasteiger partial charge >= 0.3 is 0 Å². The first-order valence-corrected chi connectivity index (χ1v) is 11.5. The quantitative estimate of drug-likeness (QED) is 0.759. The number of carbonyl (C=O) groups is 1. The molecule has 29 heavy (non-hydrogen) atoms. The number of pyridine rings is 1. The normalized spacial score (nSPS) is 33.8. The standard InChI is InChI=1S/C20H23N5O2S2/c1-11-5-14-8-29-19(22)25-20(14,10-27-11)17-12(2)16(9-28-17)24-18(26)15-4-3-13(6-21)7-23-15/h3-4,7,9,11-12,14,17H,5,8,10H2,1-2H3,(H2,22,25)(H,24,26)/t11-,12?,14-,17?,20-/m0/s1. The molecule has 0 aliphatic carbocycles. The van der Waals surface area contributed by atoms with Gasteiger partial charge in [-0.15, -0.1) is 11.8 Å². The summed E-state index contributed by atoms with van der Waals surface area (Å²) in [6.45, 7) is 4.77. The number of amidine groups is 1. The summed E-state index contributed by atoms with van der Waals surface area (Å²) in [6.07, 6.45) is 2.59. The van der Waals surface area contributed by atoms with Crippen molar-refractivity contribution >= 4 is 34.6 Å². The molecule has 0 radical (unpaired) electrons. The number of allylic oxidation sites excluding steroid dienone is 1. The van der Waals surface area contributed by atoms with Crippen LogP contribution in [0.1, 0.15) is 36.3 Å². The van der Waals surface area contributed by atoms with E-state index in [0.29, 0.717) is 23.3 Å². The maximum atomic E-state index is 12.6. The molecule has 7 nitrogen and oxygen atoms in total. The van der Waals surface area contributed by atoms with Gasteiger partial charge in [0.05, 0.1) is 18.3 Å². The number of hydrogen-bond acceptors (Lipinski definition) is 8. The maximum Gasteiger partial charge on any atom is 0.274 e. The molecule has 0 saturated carbocycles. The van der Waals surface area contributed by atoms with Gasteiger partial charge in [-0.2, -0.15) is 5.26 Å². The first-order valence-electron chi connectivity index (χ1n) is 9.55. The lowest BCUT2D eigenvalue weighted by molar-refractivity contribution is -0.0473. The number of hydrogen-bond donors (Lipinski definition) is 2. The Morgan fingerprint density at radius 3 is 3.00 bits per heavy atom. The monoisotopic (exact) mass is 429 g/mol. The van der Waals surface area contributed by atoms with Crippen LogP contribution in [0.3, 0.4) is 0 Å². The van der Waals surface area contributed by atoms with Crippen molar-refractivity contribution in [3.05, 3.63) is 40.7 Å². The fraction of sp³-hybridized carbons (Fsp3) is 0.500. The molecule has 1 aromatic heterocycles. The third-order valence-corrected chi connectivity index (χ3v) is 8.29. The van der Waals surface area contributed by atoms with E-state index in [2.05, 4.69) is 24.1 Å². The SMILES string of the molecule is CC1C(NC(=O)c2ccc(C#N)cn2)=CSC1[C@]12CO[C@@H](C)C[C@H]1CSC(N)=N2. The zero-order valence-corrected chi connectivity index (χ0v) is 17.9. The summed E-state index contributed by atoms with van der Waals surface area (Å²) in [4.78, 5) is 21.6. The van der Waals surface area contributed by atoms with Crippen LogP contribution in [0.2, 0.25) is 0 Å². The fourth-order valence-corrected chi connectivity index (χ4v) is 6.75. The van der Waals surface area contributed by atoms with Crippen LogP contribution in [-0.2, 0) is 4.74 Å². The zero-order valence-electron chi connectivity index (χ0n) is 16.3. The number of nitrogens with two attached hydrogens (primary N) is 1. The predicted molar refractivity (Wildman–Crippen MR) is 115 cm³/mol. The van der Waals surface area contributed by atoms with Gasteiger partial charge in [-0.1, -0.05) is 18.7 Å². The number of rotatable bonds is 3. The molecule has 0 aromatic carbocycles. The molecular formula is C20H23N5O2S2. The highest BCUT2D eigenvalue weighted by atomic mass is 32.2. The first kappa shape index (κ1) is 20.3. The summed E-state index contributed by atoms with van der Waals surface area (Å²) >= 11 is 3.32. The molecule has 9 heteroatoms. The van der Waals surface area contributed by atoms with Crippen LogP contribution in [-0.4, -0.2) is 45.3 Å². The Balaban J connectivity index is 1.51. The van der Waals surface area contributed by atoms with Crippen molar-refractivity contribution in [2.24, 2.45) is 22.6 Å². The van der Waals surface area contributed by atoms with Crippen LogP contribution in [0.25, 0.3) is 0 Å². The molecule has 5 atom stereocenters. The largest absolute Gasteiger partial charge is 0.379 e. The second kappa shape index (κ2) is 8.01. The van der Waals surface area contributed by atoms with E-state index in [1.807, 2.05) is 11.5 Å². The lowest BCUT2D eigenvalue weighted by Crippen LogP contribution is -2.58. The number of fused-ring (bicyclic) bond motifs is 1. The predicted octanol–water partition coefficient (Wildman–Crippen LogP) is 2.50. The molecule has 2 unspecified atom stereocenters. The van der Waals surface area contributed by atoms with Crippen molar-refractivity contribution in [2.75, 3.05) is 12.4 Å². The molecule has 1 saturated heterocycles. The zero-order chi connectivity index (χ0) is 20.6. The minimum atomic E-state index is -0.373. The third kappa shape index (κ3) is 3.77. The van der Waals surface area contributed by atoms with Crippen LogP contribution in [0.15, 0.2) is 34.4 Å². The van der Waals surface area contributed by atoms with Gasteiger partial charge in [0.1, 0.15) is 17.3 Å². The van der Waals surface area contributed by atoms with Crippen molar-refractivity contribution in [3.8, 4) is 6.07 Å². The number of aliphatic imine (C=N–C) groups is 1. The molecular weight excluding hydrogens is 406 g/mol. The van der Waals surface area contributed by atoms with Crippen LogP contribution in [0, 0.1) is 23.2 Å². The van der Waals surface area contributed by atoms with Crippen LogP contribution in [0.5, 0.6) is 0 Å². The average molecular weight is 430 g/mol. The highest BCUT2D eigenvalue weighted by Gasteiger charge is 2.54. The van der Waals surface area contributed by atoms with E-state index in [4.69, 9.17) is 20.7 Å². The second-order valence-electron chi connectivity index (χ2n) is 7.72. The first-order chi connectivity index (χ1) is 13.9. The number of nitrogens with one attached hydrogen (secondary N) is 1. The molecule has 4 rings (SSSR count). The van der Waals surface area contributed by atoms with Gasteiger partial charge in [0.15, 0.2) is 5.17 Å². The molecule has 3 aliphatic rings. The van der Waals surface area contributed by atoms with Gasteiger partial charge in [0.25, 0.3) is 5.91 Å². The lowest BCUT2D eigenvalue weighted by Gasteiger charge is -2.49. The van der Waals surface area contributed by atoms with Gasteiger partial charge in [0, 0.05) is 28.8 Å². The number of nitrogens with zero attached hydrogens (tertiary/aromatic N) is 3. The Kier molecular flexibility index (Phi) is 5.60. The second-order valence-corrected chi connectivity index (χ2v) is 9.78. The summed E-state index contributed by atoms with van der Waals surface area (Å²) < 4.78 is 6.04. The Bertz CT molecular complexity index is 910. The van der Waals surface area contributed by atoms with E-state index in [0.717, 1.165) is 17.9 Å². The average Bonchev–Trinajstić information content (AvgIpc) is 3.09. The van der Waals surface area contributed by atoms with Gasteiger partial charge in [-0.3, -0.25) is 9.79 Å². The molecule has 1 amide bonds. The summed E-state index contributed by atoms with van der Waals surface area (Å²) in [5.74, 6) is 1.15. The molecule has 1 aromatic rings. The molecule has 1 fully saturated rings. The Hall–Kier alpha value is -2.02. The Morgan fingerprint density at radius 2 is 2.28 bits per heavy atom. The molecule has 3 aliphatic heterocycles.